The summed E-state index contributed by atoms with van der Waals surface area (Å²) in [6.45, 7) is 0. The Morgan fingerprint density at radius 3 is 2.85 bits per heavy atom. The fourth-order valence-corrected chi connectivity index (χ4v) is 2.12. The van der Waals surface area contributed by atoms with Crippen LogP contribution in [0.3, 0.4) is 0 Å². The van der Waals surface area contributed by atoms with Gasteiger partial charge in [-0.15, -0.1) is 16.7 Å². The third-order valence-electron chi connectivity index (χ3n) is 2.86. The maximum Gasteiger partial charge on any atom is 0.244 e. The van der Waals surface area contributed by atoms with Crippen LogP contribution in [0.1, 0.15) is 0 Å². The summed E-state index contributed by atoms with van der Waals surface area (Å²) < 4.78 is 1.48. The SMILES string of the molecule is Nc1nc(NC2C=CC=CC2Cl)nn1-c1ccccn1. The molecule has 0 radical (unpaired) electrons. The largest absolute Gasteiger partial charge is 0.368 e. The van der Waals surface area contributed by atoms with Crippen molar-refractivity contribution in [3.05, 3.63) is 48.7 Å². The average Bonchev–Trinajstić information content (AvgIpc) is 2.83. The highest BCUT2D eigenvalue weighted by Crippen LogP contribution is 2.17. The van der Waals surface area contributed by atoms with Crippen LogP contribution in [-0.4, -0.2) is 31.2 Å². The molecular formula is C13H13ClN6. The lowest BCUT2D eigenvalue weighted by Crippen LogP contribution is -2.28. The van der Waals surface area contributed by atoms with Crippen LogP contribution in [-0.2, 0) is 0 Å². The van der Waals surface area contributed by atoms with Crippen molar-refractivity contribution in [2.75, 3.05) is 11.1 Å². The zero-order chi connectivity index (χ0) is 13.9. The van der Waals surface area contributed by atoms with Gasteiger partial charge in [0.05, 0.1) is 11.4 Å². The molecule has 102 valence electrons. The lowest BCUT2D eigenvalue weighted by molar-refractivity contribution is 0.832. The minimum absolute atomic E-state index is 0.0688. The number of hydrogen-bond acceptors (Lipinski definition) is 5. The maximum atomic E-state index is 6.19. The van der Waals surface area contributed by atoms with Gasteiger partial charge in [0.15, 0.2) is 5.82 Å². The van der Waals surface area contributed by atoms with Gasteiger partial charge in [-0.1, -0.05) is 30.4 Å². The van der Waals surface area contributed by atoms with Gasteiger partial charge >= 0.3 is 0 Å². The first-order valence-corrected chi connectivity index (χ1v) is 6.57. The average molecular weight is 289 g/mol. The van der Waals surface area contributed by atoms with Crippen molar-refractivity contribution in [2.24, 2.45) is 0 Å². The predicted molar refractivity (Wildman–Crippen MR) is 78.9 cm³/mol. The van der Waals surface area contributed by atoms with Crippen molar-refractivity contribution < 1.29 is 0 Å². The minimum atomic E-state index is -0.150. The number of anilines is 2. The fraction of sp³-hybridized carbons (Fsp3) is 0.154. The van der Waals surface area contributed by atoms with E-state index < -0.39 is 0 Å². The maximum absolute atomic E-state index is 6.19. The highest BCUT2D eigenvalue weighted by Gasteiger charge is 2.18. The van der Waals surface area contributed by atoms with Gasteiger partial charge in [-0.2, -0.15) is 9.67 Å². The van der Waals surface area contributed by atoms with Gasteiger partial charge < -0.3 is 11.1 Å². The normalized spacial score (nSPS) is 21.1. The third-order valence-corrected chi connectivity index (χ3v) is 3.28. The van der Waals surface area contributed by atoms with Crippen LogP contribution in [0.25, 0.3) is 5.82 Å². The molecule has 2 aromatic rings. The Balaban J connectivity index is 1.83. The number of nitrogens with zero attached hydrogens (tertiary/aromatic N) is 4. The van der Waals surface area contributed by atoms with Crippen molar-refractivity contribution >= 4 is 23.5 Å². The summed E-state index contributed by atoms with van der Waals surface area (Å²) in [6, 6.07) is 5.43. The Morgan fingerprint density at radius 2 is 2.10 bits per heavy atom. The van der Waals surface area contributed by atoms with Gasteiger partial charge in [-0.05, 0) is 12.1 Å². The van der Waals surface area contributed by atoms with E-state index in [9.17, 15) is 0 Å². The zero-order valence-electron chi connectivity index (χ0n) is 10.5. The third kappa shape index (κ3) is 2.50. The molecule has 3 N–H and O–H groups in total. The Labute approximate surface area is 121 Å². The first-order valence-electron chi connectivity index (χ1n) is 6.13. The van der Waals surface area contributed by atoms with Crippen LogP contribution in [0, 0.1) is 0 Å². The van der Waals surface area contributed by atoms with Crippen molar-refractivity contribution in [2.45, 2.75) is 11.4 Å². The number of allylic oxidation sites excluding steroid dienone is 2. The Kier molecular flexibility index (Phi) is 3.39. The fourth-order valence-electron chi connectivity index (χ4n) is 1.89. The second-order valence-corrected chi connectivity index (χ2v) is 4.78. The van der Waals surface area contributed by atoms with Gasteiger partial charge in [-0.3, -0.25) is 0 Å². The molecule has 3 rings (SSSR count). The van der Waals surface area contributed by atoms with E-state index in [0.717, 1.165) is 0 Å². The number of nitrogens with one attached hydrogen (secondary N) is 1. The van der Waals surface area contributed by atoms with Crippen LogP contribution in [0.4, 0.5) is 11.9 Å². The summed E-state index contributed by atoms with van der Waals surface area (Å²) in [5, 5.41) is 7.29. The number of aromatic nitrogens is 4. The number of halogens is 1. The molecule has 7 heteroatoms. The molecule has 0 fully saturated rings. The topological polar surface area (TPSA) is 81.6 Å². The molecule has 0 saturated heterocycles. The summed E-state index contributed by atoms with van der Waals surface area (Å²) in [7, 11) is 0. The number of alkyl halides is 1. The molecule has 2 unspecified atom stereocenters. The van der Waals surface area contributed by atoms with Crippen LogP contribution < -0.4 is 11.1 Å². The zero-order valence-corrected chi connectivity index (χ0v) is 11.3. The molecule has 0 bridgehead atoms. The summed E-state index contributed by atoms with van der Waals surface area (Å²) in [5.41, 5.74) is 5.86. The van der Waals surface area contributed by atoms with E-state index >= 15 is 0 Å². The lowest BCUT2D eigenvalue weighted by Gasteiger charge is -2.18. The van der Waals surface area contributed by atoms with Gasteiger partial charge in [-0.25, -0.2) is 4.98 Å². The predicted octanol–water partition coefficient (Wildman–Crippen LogP) is 1.76. The number of nitrogens with two attached hydrogens (primary N) is 1. The molecule has 0 amide bonds. The Hall–Kier alpha value is -2.34. The monoisotopic (exact) mass is 288 g/mol. The van der Waals surface area contributed by atoms with E-state index in [2.05, 4.69) is 20.4 Å². The lowest BCUT2D eigenvalue weighted by atomic mass is 10.1. The standard InChI is InChI=1S/C13H13ClN6/c14-9-5-1-2-6-10(9)17-13-18-12(15)20(19-13)11-7-3-4-8-16-11/h1-10H,(H3,15,17,18,19). The molecule has 6 nitrogen and oxygen atoms in total. The van der Waals surface area contributed by atoms with E-state index in [1.807, 2.05) is 42.5 Å². The molecule has 2 aromatic heterocycles. The first-order chi connectivity index (χ1) is 9.74. The van der Waals surface area contributed by atoms with Crippen LogP contribution in [0.15, 0.2) is 48.7 Å². The van der Waals surface area contributed by atoms with E-state index in [0.29, 0.717) is 11.8 Å². The second kappa shape index (κ2) is 5.34. The van der Waals surface area contributed by atoms with E-state index in [-0.39, 0.29) is 17.4 Å². The van der Waals surface area contributed by atoms with Crippen LogP contribution in [0.2, 0.25) is 0 Å². The summed E-state index contributed by atoms with van der Waals surface area (Å²) in [5.74, 6) is 1.31. The molecule has 0 saturated carbocycles. The Morgan fingerprint density at radius 1 is 1.25 bits per heavy atom. The molecule has 0 aromatic carbocycles. The highest BCUT2D eigenvalue weighted by molar-refractivity contribution is 6.22. The van der Waals surface area contributed by atoms with Crippen molar-refractivity contribution in [3.63, 3.8) is 0 Å². The summed E-state index contributed by atoms with van der Waals surface area (Å²) in [4.78, 5) is 8.36. The van der Waals surface area contributed by atoms with Gasteiger partial charge in [0.1, 0.15) is 0 Å². The van der Waals surface area contributed by atoms with Crippen molar-refractivity contribution in [1.29, 1.82) is 0 Å². The minimum Gasteiger partial charge on any atom is -0.368 e. The van der Waals surface area contributed by atoms with E-state index in [1.54, 1.807) is 6.20 Å². The van der Waals surface area contributed by atoms with Crippen LogP contribution >= 0.6 is 11.6 Å². The number of pyridine rings is 1. The number of nitrogen functional groups attached to an aromatic ring is 1. The highest BCUT2D eigenvalue weighted by atomic mass is 35.5. The molecule has 1 aliphatic carbocycles. The molecule has 2 heterocycles. The van der Waals surface area contributed by atoms with E-state index in [1.165, 1.54) is 4.68 Å². The van der Waals surface area contributed by atoms with Gasteiger partial charge in [0.2, 0.25) is 11.9 Å². The summed E-state index contributed by atoms with van der Waals surface area (Å²) >= 11 is 6.19. The van der Waals surface area contributed by atoms with Crippen molar-refractivity contribution in [3.8, 4) is 5.82 Å². The number of rotatable bonds is 3. The molecule has 0 aliphatic heterocycles. The second-order valence-electron chi connectivity index (χ2n) is 4.28. The van der Waals surface area contributed by atoms with Crippen molar-refractivity contribution in [1.82, 2.24) is 19.7 Å². The first kappa shape index (κ1) is 12.7. The number of hydrogen-bond donors (Lipinski definition) is 2. The molecule has 1 aliphatic rings. The summed E-state index contributed by atoms with van der Waals surface area (Å²) in [6.07, 6.45) is 9.36. The molecule has 20 heavy (non-hydrogen) atoms. The van der Waals surface area contributed by atoms with E-state index in [4.69, 9.17) is 17.3 Å². The molecule has 0 spiro atoms. The molecular weight excluding hydrogens is 276 g/mol. The quantitative estimate of drug-likeness (QED) is 0.841. The molecule has 2 atom stereocenters. The van der Waals surface area contributed by atoms with Gasteiger partial charge in [0, 0.05) is 6.20 Å². The van der Waals surface area contributed by atoms with Crippen LogP contribution in [0.5, 0.6) is 0 Å². The van der Waals surface area contributed by atoms with Gasteiger partial charge in [0.25, 0.3) is 0 Å². The smallest absolute Gasteiger partial charge is 0.244 e. The Bertz CT molecular complexity index is 648.